The van der Waals surface area contributed by atoms with Crippen LogP contribution >= 0.6 is 0 Å². The maximum Gasteiger partial charge on any atom is 0.129 e. The van der Waals surface area contributed by atoms with Crippen LogP contribution in [0.15, 0.2) is 4.40 Å². The second kappa shape index (κ2) is 1.46. The second-order valence-corrected chi connectivity index (χ2v) is 3.30. The van der Waals surface area contributed by atoms with Crippen molar-refractivity contribution in [3.05, 3.63) is 0 Å². The van der Waals surface area contributed by atoms with Gasteiger partial charge in [-0.05, 0) is 5.87 Å². The second-order valence-electron chi connectivity index (χ2n) is 1.54. The fourth-order valence-electron chi connectivity index (χ4n) is 0.441. The zero-order chi connectivity index (χ0) is 6.20. The molecule has 0 saturated heterocycles. The Bertz CT molecular complexity index is 215. The van der Waals surface area contributed by atoms with Crippen molar-refractivity contribution in [2.75, 3.05) is 6.54 Å². The van der Waals surface area contributed by atoms with E-state index in [9.17, 15) is 4.21 Å². The highest BCUT2D eigenvalue weighted by molar-refractivity contribution is 7.97. The molecule has 1 rings (SSSR count). The van der Waals surface area contributed by atoms with E-state index in [0.29, 0.717) is 12.4 Å². The predicted molar refractivity (Wildman–Crippen MR) is 34.9 cm³/mol. The Hall–Kier alpha value is -0.550. The van der Waals surface area contributed by atoms with E-state index < -0.39 is 9.89 Å². The largest absolute Gasteiger partial charge is 0.385 e. The number of nitrogens with zero attached hydrogens (tertiary/aromatic N) is 1. The minimum Gasteiger partial charge on any atom is -0.385 e. The minimum absolute atomic E-state index is 0.366. The van der Waals surface area contributed by atoms with Crippen LogP contribution in [0.2, 0.25) is 0 Å². The Labute approximate surface area is 48.1 Å². The summed E-state index contributed by atoms with van der Waals surface area (Å²) in [6.07, 6.45) is 0. The molecule has 0 aromatic heterocycles. The highest BCUT2D eigenvalue weighted by Gasteiger charge is 2.09. The molecular formula is C3H7N3OS. The topological polar surface area (TPSA) is 67.5 Å². The van der Waals surface area contributed by atoms with Gasteiger partial charge in [-0.1, -0.05) is 0 Å². The Morgan fingerprint density at radius 3 is 2.75 bits per heavy atom. The highest BCUT2D eigenvalue weighted by Crippen LogP contribution is 1.91. The zero-order valence-corrected chi connectivity index (χ0v) is 5.07. The molecule has 0 fully saturated rings. The average Bonchev–Trinajstić information content (AvgIpc) is 1.82. The van der Waals surface area contributed by atoms with E-state index in [1.54, 1.807) is 0 Å². The van der Waals surface area contributed by atoms with Gasteiger partial charge in [0.25, 0.3) is 0 Å². The van der Waals surface area contributed by atoms with Gasteiger partial charge in [-0.15, -0.1) is 0 Å². The lowest BCUT2D eigenvalue weighted by molar-refractivity contribution is 0.678. The summed E-state index contributed by atoms with van der Waals surface area (Å²) in [4.78, 5) is 0. The van der Waals surface area contributed by atoms with Gasteiger partial charge in [0.1, 0.15) is 15.7 Å². The molecule has 0 amide bonds. The quantitative estimate of drug-likeness (QED) is 0.395. The van der Waals surface area contributed by atoms with Crippen molar-refractivity contribution in [3.8, 4) is 0 Å². The molecule has 5 heteroatoms. The first-order valence-corrected chi connectivity index (χ1v) is 3.75. The fourth-order valence-corrected chi connectivity index (χ4v) is 1.32. The molecule has 0 aromatic rings. The van der Waals surface area contributed by atoms with Crippen molar-refractivity contribution in [2.45, 2.75) is 0 Å². The first kappa shape index (κ1) is 5.58. The Morgan fingerprint density at radius 2 is 2.62 bits per heavy atom. The molecule has 3 N–H and O–H groups in total. The van der Waals surface area contributed by atoms with E-state index in [2.05, 4.69) is 15.0 Å². The summed E-state index contributed by atoms with van der Waals surface area (Å²) in [5.74, 6) is 3.63. The Kier molecular flexibility index (Phi) is 1.02. The van der Waals surface area contributed by atoms with Crippen molar-refractivity contribution < 1.29 is 4.21 Å². The zero-order valence-electron chi connectivity index (χ0n) is 4.26. The van der Waals surface area contributed by atoms with Gasteiger partial charge in [-0.2, -0.15) is 4.40 Å². The molecule has 1 heterocycles. The number of nitrogens with one attached hydrogen (secondary N) is 1. The van der Waals surface area contributed by atoms with E-state index in [4.69, 9.17) is 5.73 Å². The van der Waals surface area contributed by atoms with Crippen LogP contribution in [0.25, 0.3) is 0 Å². The number of hydrogen-bond donors (Lipinski definition) is 2. The van der Waals surface area contributed by atoms with E-state index in [-0.39, 0.29) is 0 Å². The SMILES string of the molecule is C=S1(=O)N=C(N)CN1. The normalized spacial score (nSPS) is 37.2. The van der Waals surface area contributed by atoms with E-state index in [0.717, 1.165) is 0 Å². The molecule has 1 unspecified atom stereocenters. The molecule has 1 atom stereocenters. The first-order valence-electron chi connectivity index (χ1n) is 2.06. The highest BCUT2D eigenvalue weighted by atomic mass is 32.2. The van der Waals surface area contributed by atoms with Crippen LogP contribution in [-0.4, -0.2) is 22.5 Å². The molecular weight excluding hydrogens is 126 g/mol. The lowest BCUT2D eigenvalue weighted by atomic mass is 10.6. The van der Waals surface area contributed by atoms with Gasteiger partial charge in [0, 0.05) is 0 Å². The fraction of sp³-hybridized carbons (Fsp3) is 0.333. The molecule has 0 spiro atoms. The third-order valence-electron chi connectivity index (χ3n) is 0.744. The van der Waals surface area contributed by atoms with Gasteiger partial charge in [-0.3, -0.25) is 0 Å². The van der Waals surface area contributed by atoms with Crippen molar-refractivity contribution in [1.29, 1.82) is 0 Å². The monoisotopic (exact) mass is 133 g/mol. The van der Waals surface area contributed by atoms with E-state index in [1.165, 1.54) is 0 Å². The minimum atomic E-state index is -2.38. The predicted octanol–water partition coefficient (Wildman–Crippen LogP) is -1.51. The van der Waals surface area contributed by atoms with Crippen LogP contribution in [0.3, 0.4) is 0 Å². The van der Waals surface area contributed by atoms with Gasteiger partial charge < -0.3 is 5.73 Å². The molecule has 8 heavy (non-hydrogen) atoms. The molecule has 0 aliphatic carbocycles. The molecule has 0 aromatic carbocycles. The molecule has 0 radical (unpaired) electrons. The summed E-state index contributed by atoms with van der Waals surface area (Å²) in [6.45, 7) is 0.391. The third-order valence-corrected chi connectivity index (χ3v) is 1.87. The third kappa shape index (κ3) is 0.988. The standard InChI is InChI=1S/C3H7N3OS/c1-8(7)5-2-3(4)6-8/h1-2H2,(H3,4,5,6,7). The summed E-state index contributed by atoms with van der Waals surface area (Å²) in [6, 6.07) is 0. The number of nitrogens with two attached hydrogens (primary N) is 1. The number of amidine groups is 1. The number of hydrogen-bond acceptors (Lipinski definition) is 2. The maximum atomic E-state index is 10.7. The Balaban J connectivity index is 3.00. The maximum absolute atomic E-state index is 10.7. The van der Waals surface area contributed by atoms with Crippen LogP contribution in [-0.2, 0) is 9.89 Å². The lowest BCUT2D eigenvalue weighted by Crippen LogP contribution is -2.21. The van der Waals surface area contributed by atoms with Crippen molar-refractivity contribution >= 4 is 21.6 Å². The van der Waals surface area contributed by atoms with Crippen molar-refractivity contribution in [2.24, 2.45) is 10.1 Å². The van der Waals surface area contributed by atoms with Crippen LogP contribution in [0.5, 0.6) is 0 Å². The molecule has 0 bridgehead atoms. The van der Waals surface area contributed by atoms with Crippen LogP contribution in [0, 0.1) is 0 Å². The lowest BCUT2D eigenvalue weighted by Gasteiger charge is -1.89. The molecule has 1 aliphatic rings. The van der Waals surface area contributed by atoms with Gasteiger partial charge in [0.2, 0.25) is 0 Å². The van der Waals surface area contributed by atoms with Crippen molar-refractivity contribution in [1.82, 2.24) is 4.72 Å². The summed E-state index contributed by atoms with van der Waals surface area (Å²) >= 11 is 0. The van der Waals surface area contributed by atoms with Gasteiger partial charge in [0.15, 0.2) is 0 Å². The molecule has 4 nitrogen and oxygen atoms in total. The van der Waals surface area contributed by atoms with Crippen molar-refractivity contribution in [3.63, 3.8) is 0 Å². The average molecular weight is 133 g/mol. The molecule has 1 aliphatic heterocycles. The summed E-state index contributed by atoms with van der Waals surface area (Å²) in [7, 11) is -2.38. The summed E-state index contributed by atoms with van der Waals surface area (Å²) < 4.78 is 16.8. The first-order chi connectivity index (χ1) is 3.60. The van der Waals surface area contributed by atoms with Gasteiger partial charge in [-0.25, -0.2) is 8.93 Å². The van der Waals surface area contributed by atoms with Crippen LogP contribution in [0.1, 0.15) is 0 Å². The molecule has 0 saturated carbocycles. The van der Waals surface area contributed by atoms with E-state index in [1.807, 2.05) is 0 Å². The van der Waals surface area contributed by atoms with Crippen LogP contribution in [0.4, 0.5) is 0 Å². The smallest absolute Gasteiger partial charge is 0.129 e. The van der Waals surface area contributed by atoms with E-state index >= 15 is 0 Å². The Morgan fingerprint density at radius 1 is 2.00 bits per heavy atom. The number of rotatable bonds is 0. The van der Waals surface area contributed by atoms with Gasteiger partial charge in [0.05, 0.1) is 6.54 Å². The van der Waals surface area contributed by atoms with Crippen LogP contribution < -0.4 is 10.5 Å². The summed E-state index contributed by atoms with van der Waals surface area (Å²) in [5, 5.41) is 0. The van der Waals surface area contributed by atoms with Gasteiger partial charge >= 0.3 is 0 Å². The molecule has 46 valence electrons. The summed E-state index contributed by atoms with van der Waals surface area (Å²) in [5.41, 5.74) is 5.18.